The monoisotopic (exact) mass is 270 g/mol. The first-order chi connectivity index (χ1) is 8.97. The highest BCUT2D eigenvalue weighted by Crippen LogP contribution is 2.20. The Bertz CT molecular complexity index is 440. The first-order valence-electron chi connectivity index (χ1n) is 5.99. The molecule has 0 aliphatic rings. The highest BCUT2D eigenvalue weighted by Gasteiger charge is 2.15. The van der Waals surface area contributed by atoms with Crippen LogP contribution in [0.5, 0.6) is 5.75 Å². The lowest BCUT2D eigenvalue weighted by Gasteiger charge is -2.19. The number of carbonyl (C=O) groups is 1. The number of carbonyl (C=O) groups excluding carboxylic acids is 1. The fraction of sp³-hybridized carbons (Fsp3) is 0.462. The molecule has 6 heteroatoms. The SMILES string of the molecule is COc1ccc(F)c(NC(=O)NC(C)C(C)CO)c1. The molecule has 2 amide bonds. The molecule has 0 spiro atoms. The van der Waals surface area contributed by atoms with Crippen LogP contribution in [-0.4, -0.2) is 30.9 Å². The smallest absolute Gasteiger partial charge is 0.319 e. The lowest BCUT2D eigenvalue weighted by atomic mass is 10.1. The van der Waals surface area contributed by atoms with E-state index in [1.807, 2.05) is 0 Å². The molecule has 5 nitrogen and oxygen atoms in total. The Morgan fingerprint density at radius 3 is 2.74 bits per heavy atom. The van der Waals surface area contributed by atoms with Crippen molar-refractivity contribution in [1.29, 1.82) is 0 Å². The molecular formula is C13H19FN2O3. The summed E-state index contributed by atoms with van der Waals surface area (Å²) >= 11 is 0. The van der Waals surface area contributed by atoms with E-state index in [1.54, 1.807) is 13.8 Å². The molecule has 0 saturated heterocycles. The van der Waals surface area contributed by atoms with Crippen LogP contribution in [0.15, 0.2) is 18.2 Å². The predicted molar refractivity (Wildman–Crippen MR) is 70.8 cm³/mol. The number of rotatable bonds is 5. The molecule has 19 heavy (non-hydrogen) atoms. The van der Waals surface area contributed by atoms with Crippen LogP contribution >= 0.6 is 0 Å². The van der Waals surface area contributed by atoms with Crippen molar-refractivity contribution < 1.29 is 19.0 Å². The minimum Gasteiger partial charge on any atom is -0.497 e. The zero-order chi connectivity index (χ0) is 14.4. The summed E-state index contributed by atoms with van der Waals surface area (Å²) < 4.78 is 18.4. The van der Waals surface area contributed by atoms with E-state index >= 15 is 0 Å². The fourth-order valence-electron chi connectivity index (χ4n) is 1.39. The number of nitrogens with one attached hydrogen (secondary N) is 2. The zero-order valence-electron chi connectivity index (χ0n) is 11.2. The second-order valence-electron chi connectivity index (χ2n) is 4.39. The van der Waals surface area contributed by atoms with Gasteiger partial charge in [-0.3, -0.25) is 0 Å². The van der Waals surface area contributed by atoms with Crippen molar-refractivity contribution in [2.45, 2.75) is 19.9 Å². The Morgan fingerprint density at radius 1 is 1.47 bits per heavy atom. The molecule has 106 valence electrons. The van der Waals surface area contributed by atoms with Crippen LogP contribution in [0, 0.1) is 11.7 Å². The third-order valence-electron chi connectivity index (χ3n) is 2.92. The molecule has 0 heterocycles. The van der Waals surface area contributed by atoms with E-state index in [0.717, 1.165) is 0 Å². The van der Waals surface area contributed by atoms with Gasteiger partial charge in [0.1, 0.15) is 11.6 Å². The maximum atomic E-state index is 13.5. The van der Waals surface area contributed by atoms with E-state index in [2.05, 4.69) is 10.6 Å². The van der Waals surface area contributed by atoms with E-state index < -0.39 is 11.8 Å². The molecule has 0 aliphatic heterocycles. The highest BCUT2D eigenvalue weighted by molar-refractivity contribution is 5.89. The van der Waals surface area contributed by atoms with Crippen molar-refractivity contribution in [2.75, 3.05) is 19.0 Å². The van der Waals surface area contributed by atoms with E-state index in [-0.39, 0.29) is 24.3 Å². The molecule has 0 bridgehead atoms. The minimum absolute atomic E-state index is 0.0328. The molecule has 1 rings (SSSR count). The van der Waals surface area contributed by atoms with Gasteiger partial charge in [-0.2, -0.15) is 0 Å². The standard InChI is InChI=1S/C13H19FN2O3/c1-8(7-17)9(2)15-13(18)16-12-6-10(19-3)4-5-11(12)14/h4-6,8-9,17H,7H2,1-3H3,(H2,15,16,18). The van der Waals surface area contributed by atoms with Gasteiger partial charge in [0.15, 0.2) is 0 Å². The zero-order valence-corrected chi connectivity index (χ0v) is 11.2. The molecular weight excluding hydrogens is 251 g/mol. The van der Waals surface area contributed by atoms with E-state index in [4.69, 9.17) is 9.84 Å². The van der Waals surface area contributed by atoms with Crippen LogP contribution in [0.4, 0.5) is 14.9 Å². The Balaban J connectivity index is 2.66. The Kier molecular flexibility index (Phi) is 5.57. The third-order valence-corrected chi connectivity index (χ3v) is 2.92. The first-order valence-corrected chi connectivity index (χ1v) is 5.99. The van der Waals surface area contributed by atoms with Gasteiger partial charge >= 0.3 is 6.03 Å². The summed E-state index contributed by atoms with van der Waals surface area (Å²) in [6, 6.07) is 3.33. The van der Waals surface area contributed by atoms with Crippen molar-refractivity contribution in [3.63, 3.8) is 0 Å². The molecule has 1 aromatic rings. The predicted octanol–water partition coefficient (Wildman–Crippen LogP) is 1.97. The van der Waals surface area contributed by atoms with Crippen molar-refractivity contribution in [1.82, 2.24) is 5.32 Å². The number of ether oxygens (including phenoxy) is 1. The van der Waals surface area contributed by atoms with Gasteiger partial charge in [0.25, 0.3) is 0 Å². The topological polar surface area (TPSA) is 70.6 Å². The van der Waals surface area contributed by atoms with Crippen molar-refractivity contribution in [3.8, 4) is 5.75 Å². The summed E-state index contributed by atoms with van der Waals surface area (Å²) in [5.41, 5.74) is 0.0423. The summed E-state index contributed by atoms with van der Waals surface area (Å²) in [5, 5.41) is 14.0. The fourth-order valence-corrected chi connectivity index (χ4v) is 1.39. The number of amides is 2. The number of halogens is 1. The van der Waals surface area contributed by atoms with Gasteiger partial charge < -0.3 is 20.5 Å². The summed E-state index contributed by atoms with van der Waals surface area (Å²) in [5.74, 6) is -0.173. The molecule has 2 atom stereocenters. The Hall–Kier alpha value is -1.82. The summed E-state index contributed by atoms with van der Waals surface area (Å²) in [4.78, 5) is 11.7. The Labute approximate surface area is 111 Å². The molecule has 0 aliphatic carbocycles. The molecule has 0 fully saturated rings. The van der Waals surface area contributed by atoms with Gasteiger partial charge in [-0.25, -0.2) is 9.18 Å². The quantitative estimate of drug-likeness (QED) is 0.766. The van der Waals surface area contributed by atoms with Gasteiger partial charge in [-0.05, 0) is 25.0 Å². The molecule has 3 N–H and O–H groups in total. The number of anilines is 1. The first kappa shape index (κ1) is 15.2. The van der Waals surface area contributed by atoms with Crippen LogP contribution in [0.1, 0.15) is 13.8 Å². The third kappa shape index (κ3) is 4.40. The average molecular weight is 270 g/mol. The molecule has 0 saturated carbocycles. The van der Waals surface area contributed by atoms with Gasteiger partial charge in [0, 0.05) is 18.7 Å². The van der Waals surface area contributed by atoms with Crippen LogP contribution < -0.4 is 15.4 Å². The molecule has 0 radical (unpaired) electrons. The number of benzene rings is 1. The summed E-state index contributed by atoms with van der Waals surface area (Å²) in [6.45, 7) is 3.54. The van der Waals surface area contributed by atoms with Crippen LogP contribution in [-0.2, 0) is 0 Å². The normalized spacial score (nSPS) is 13.5. The van der Waals surface area contributed by atoms with Crippen molar-refractivity contribution in [3.05, 3.63) is 24.0 Å². The highest BCUT2D eigenvalue weighted by atomic mass is 19.1. The van der Waals surface area contributed by atoms with Crippen molar-refractivity contribution in [2.24, 2.45) is 5.92 Å². The van der Waals surface area contributed by atoms with Crippen molar-refractivity contribution >= 4 is 11.7 Å². The van der Waals surface area contributed by atoms with Crippen LogP contribution in [0.25, 0.3) is 0 Å². The minimum atomic E-state index is -0.543. The van der Waals surface area contributed by atoms with Gasteiger partial charge in [0.2, 0.25) is 0 Å². The van der Waals surface area contributed by atoms with Gasteiger partial charge in [-0.15, -0.1) is 0 Å². The number of aliphatic hydroxyl groups is 1. The maximum Gasteiger partial charge on any atom is 0.319 e. The second-order valence-corrected chi connectivity index (χ2v) is 4.39. The number of aliphatic hydroxyl groups excluding tert-OH is 1. The van der Waals surface area contributed by atoms with E-state index in [1.165, 1.54) is 25.3 Å². The number of hydrogen-bond donors (Lipinski definition) is 3. The van der Waals surface area contributed by atoms with Crippen LogP contribution in [0.2, 0.25) is 0 Å². The van der Waals surface area contributed by atoms with Crippen LogP contribution in [0.3, 0.4) is 0 Å². The maximum absolute atomic E-state index is 13.5. The Morgan fingerprint density at radius 2 is 2.16 bits per heavy atom. The lowest BCUT2D eigenvalue weighted by molar-refractivity contribution is 0.204. The largest absolute Gasteiger partial charge is 0.497 e. The lowest BCUT2D eigenvalue weighted by Crippen LogP contribution is -2.40. The molecule has 1 aromatic carbocycles. The number of methoxy groups -OCH3 is 1. The summed E-state index contributed by atoms with van der Waals surface area (Å²) in [6.07, 6.45) is 0. The molecule has 2 unspecified atom stereocenters. The van der Waals surface area contributed by atoms with Gasteiger partial charge in [0.05, 0.1) is 12.8 Å². The average Bonchev–Trinajstić information content (AvgIpc) is 2.40. The van der Waals surface area contributed by atoms with E-state index in [0.29, 0.717) is 5.75 Å². The number of urea groups is 1. The van der Waals surface area contributed by atoms with Gasteiger partial charge in [-0.1, -0.05) is 6.92 Å². The summed E-state index contributed by atoms with van der Waals surface area (Å²) in [7, 11) is 1.46. The second kappa shape index (κ2) is 6.94. The van der Waals surface area contributed by atoms with E-state index in [9.17, 15) is 9.18 Å². The molecule has 0 aromatic heterocycles. The number of hydrogen-bond acceptors (Lipinski definition) is 3.